The molecule has 1 aliphatic heterocycles. The van der Waals surface area contributed by atoms with Crippen molar-refractivity contribution in [2.75, 3.05) is 4.90 Å². The van der Waals surface area contributed by atoms with Gasteiger partial charge in [-0.1, -0.05) is 116 Å². The van der Waals surface area contributed by atoms with Crippen molar-refractivity contribution in [2.45, 2.75) is 85.6 Å². The summed E-state index contributed by atoms with van der Waals surface area (Å²) in [6.07, 6.45) is 3.89. The molecule has 1 aliphatic rings. The Bertz CT molecular complexity index is 1160. The Balaban J connectivity index is 0.00000176. The van der Waals surface area contributed by atoms with Gasteiger partial charge in [0.1, 0.15) is 0 Å². The van der Waals surface area contributed by atoms with Crippen LogP contribution in [-0.4, -0.2) is 10.9 Å². The Morgan fingerprint density at radius 3 is 1.58 bits per heavy atom. The first-order valence-electron chi connectivity index (χ1n) is 13.0. The van der Waals surface area contributed by atoms with Crippen molar-refractivity contribution in [3.63, 3.8) is 0 Å². The average Bonchev–Trinajstić information content (AvgIpc) is 2.88. The summed E-state index contributed by atoms with van der Waals surface area (Å²) < 4.78 is 2.38. The third-order valence-corrected chi connectivity index (χ3v) is 6.96. The van der Waals surface area contributed by atoms with Crippen LogP contribution in [0.2, 0.25) is 0 Å². The van der Waals surface area contributed by atoms with Crippen molar-refractivity contribution in [1.29, 1.82) is 0 Å². The molecule has 1 heterocycles. The molecule has 0 saturated carbocycles. The fraction of sp³-hybridized carbons (Fsp3) is 0.406. The fourth-order valence-corrected chi connectivity index (χ4v) is 5.14. The summed E-state index contributed by atoms with van der Waals surface area (Å²) in [6.45, 7) is 19.2. The number of halogens is 1. The summed E-state index contributed by atoms with van der Waals surface area (Å²) in [5.41, 5.74) is 10.7. The van der Waals surface area contributed by atoms with Gasteiger partial charge in [0.25, 0.3) is 0 Å². The first-order chi connectivity index (χ1) is 17.2. The standard InChI is InChI=1S/C32H40N2.Au.ClH/c1-21(2)26-14-11-15-27(22(3)4)31(26)33-19-25-13-9-10-18-30(25)34(20-33)32-28(23(5)6)16-12-17-29(32)24(7)8;;/h9-18,21-24H,19H2,1-8H3;;1H/q;+1;/p-1. The van der Waals surface area contributed by atoms with Crippen molar-refractivity contribution >= 4 is 32.6 Å². The summed E-state index contributed by atoms with van der Waals surface area (Å²) in [5, 5.41) is 0. The Hall–Kier alpha value is -1.84. The third kappa shape index (κ3) is 5.83. The van der Waals surface area contributed by atoms with Crippen molar-refractivity contribution in [1.82, 2.24) is 0 Å². The maximum absolute atomic E-state index is 4.58. The summed E-state index contributed by atoms with van der Waals surface area (Å²) in [6, 6.07) is 22.4. The molecule has 0 aromatic heterocycles. The Kier molecular flexibility index (Phi) is 10.1. The second kappa shape index (κ2) is 12.6. The van der Waals surface area contributed by atoms with Crippen LogP contribution in [0, 0.1) is 0 Å². The Labute approximate surface area is 235 Å². The maximum atomic E-state index is 4.58. The predicted octanol–water partition coefficient (Wildman–Crippen LogP) is 9.77. The molecule has 0 amide bonds. The van der Waals surface area contributed by atoms with E-state index in [1.807, 2.05) is 0 Å². The van der Waals surface area contributed by atoms with E-state index in [-0.39, 0.29) is 0 Å². The minimum atomic E-state index is 0.423. The van der Waals surface area contributed by atoms with Crippen LogP contribution < -0.4 is 4.90 Å². The van der Waals surface area contributed by atoms with Crippen molar-refractivity contribution in [3.8, 4) is 0 Å². The van der Waals surface area contributed by atoms with Gasteiger partial charge in [0.05, 0.1) is 23.6 Å². The zero-order valence-corrected chi connectivity index (χ0v) is 25.8. The van der Waals surface area contributed by atoms with Crippen LogP contribution in [0.3, 0.4) is 0 Å². The van der Waals surface area contributed by atoms with E-state index < -0.39 is 0 Å². The summed E-state index contributed by atoms with van der Waals surface area (Å²) in [7, 11) is 4.58. The molecular weight excluding hydrogens is 645 g/mol. The molecule has 36 heavy (non-hydrogen) atoms. The molecule has 3 aromatic rings. The van der Waals surface area contributed by atoms with E-state index in [1.54, 1.807) is 20.0 Å². The number of hydrogen-bond acceptors (Lipinski definition) is 1. The van der Waals surface area contributed by atoms with Gasteiger partial charge in [0.2, 0.25) is 6.34 Å². The molecule has 0 unspecified atom stereocenters. The molecule has 0 bridgehead atoms. The van der Waals surface area contributed by atoms with Gasteiger partial charge in [-0.05, 0) is 51.5 Å². The molecular formula is C32H40AuClN2. The molecule has 0 radical (unpaired) electrons. The predicted molar refractivity (Wildman–Crippen MR) is 152 cm³/mol. The Morgan fingerprint density at radius 2 is 1.11 bits per heavy atom. The zero-order chi connectivity index (χ0) is 26.6. The van der Waals surface area contributed by atoms with Gasteiger partial charge in [-0.25, -0.2) is 0 Å². The van der Waals surface area contributed by atoms with Crippen LogP contribution in [0.4, 0.5) is 17.1 Å². The van der Waals surface area contributed by atoms with Gasteiger partial charge in [-0.3, -0.25) is 0 Å². The van der Waals surface area contributed by atoms with E-state index >= 15 is 0 Å². The van der Waals surface area contributed by atoms with E-state index in [2.05, 4.69) is 141 Å². The normalized spacial score (nSPS) is 13.2. The quantitative estimate of drug-likeness (QED) is 0.142. The van der Waals surface area contributed by atoms with Gasteiger partial charge >= 0.3 is 29.2 Å². The van der Waals surface area contributed by atoms with E-state index in [0.717, 1.165) is 6.54 Å². The minimum absolute atomic E-state index is 0.423. The van der Waals surface area contributed by atoms with Gasteiger partial charge < -0.3 is 9.48 Å². The van der Waals surface area contributed by atoms with Gasteiger partial charge in [0.15, 0.2) is 0 Å². The first-order valence-corrected chi connectivity index (χ1v) is 15.7. The number of benzene rings is 3. The Morgan fingerprint density at radius 1 is 0.667 bits per heavy atom. The second-order valence-electron chi connectivity index (χ2n) is 10.8. The molecule has 0 spiro atoms. The summed E-state index contributed by atoms with van der Waals surface area (Å²) in [5.74, 6) is 1.73. The van der Waals surface area contributed by atoms with Crippen LogP contribution in [0.25, 0.3) is 0 Å². The van der Waals surface area contributed by atoms with E-state index in [1.165, 1.54) is 44.9 Å². The second-order valence-corrected chi connectivity index (χ2v) is 10.8. The number of nitrogens with zero attached hydrogens (tertiary/aromatic N) is 2. The van der Waals surface area contributed by atoms with Crippen LogP contribution in [-0.2, 0) is 26.5 Å². The summed E-state index contributed by atoms with van der Waals surface area (Å²) >= 11 is 1.75. The van der Waals surface area contributed by atoms with Crippen LogP contribution in [0.5, 0.6) is 0 Å². The van der Waals surface area contributed by atoms with Crippen molar-refractivity contribution in [3.05, 3.63) is 88.5 Å². The van der Waals surface area contributed by atoms with Crippen LogP contribution >= 0.6 is 9.19 Å². The number of para-hydroxylation sites is 3. The molecule has 3 aromatic carbocycles. The SMILES string of the molecule is CC(C)c1cccc(C(C)C)c1N1[C-]=[N+](c2c(C(C)C)cccc2C(C)C)Cc2ccccc21.[Cl][Au]. The first kappa shape index (κ1) is 28.7. The molecule has 4 rings (SSSR count). The van der Waals surface area contributed by atoms with E-state index in [9.17, 15) is 0 Å². The number of anilines is 2. The molecule has 196 valence electrons. The van der Waals surface area contributed by atoms with Crippen LogP contribution in [0.15, 0.2) is 60.7 Å². The monoisotopic (exact) mass is 684 g/mol. The molecule has 0 fully saturated rings. The molecule has 0 aliphatic carbocycles. The fourth-order valence-electron chi connectivity index (χ4n) is 5.14. The molecule has 0 atom stereocenters. The van der Waals surface area contributed by atoms with Gasteiger partial charge in [-0.15, -0.1) is 0 Å². The van der Waals surface area contributed by atoms with E-state index in [0.29, 0.717) is 23.7 Å². The number of hydrogen-bond donors (Lipinski definition) is 0. The zero-order valence-electron chi connectivity index (χ0n) is 22.9. The van der Waals surface area contributed by atoms with Gasteiger partial charge in [0, 0.05) is 0 Å². The molecule has 0 saturated heterocycles. The van der Waals surface area contributed by atoms with E-state index in [4.69, 9.17) is 0 Å². The number of rotatable bonds is 6. The molecule has 4 heteroatoms. The third-order valence-electron chi connectivity index (χ3n) is 6.96. The van der Waals surface area contributed by atoms with Crippen molar-refractivity contribution < 1.29 is 24.6 Å². The number of fused-ring (bicyclic) bond motifs is 1. The average molecular weight is 685 g/mol. The van der Waals surface area contributed by atoms with Gasteiger partial charge in [-0.2, -0.15) is 0 Å². The summed E-state index contributed by atoms with van der Waals surface area (Å²) in [4.78, 5) is 2.35. The molecule has 0 N–H and O–H groups in total. The van der Waals surface area contributed by atoms with Crippen LogP contribution in [0.1, 0.15) is 107 Å². The molecule has 2 nitrogen and oxygen atoms in total. The topological polar surface area (TPSA) is 6.25 Å². The van der Waals surface area contributed by atoms with Crippen molar-refractivity contribution in [2.24, 2.45) is 0 Å².